The summed E-state index contributed by atoms with van der Waals surface area (Å²) in [5, 5.41) is 6.66. The Kier molecular flexibility index (Phi) is 4.45. The van der Waals surface area contributed by atoms with Gasteiger partial charge in [-0.1, -0.05) is 36.6 Å². The average molecular weight is 369 g/mol. The van der Waals surface area contributed by atoms with Crippen molar-refractivity contribution in [3.8, 4) is 0 Å². The van der Waals surface area contributed by atoms with E-state index in [9.17, 15) is 9.59 Å². The summed E-state index contributed by atoms with van der Waals surface area (Å²) in [6.45, 7) is 0. The second-order valence-electron chi connectivity index (χ2n) is 7.17. The number of rotatable bonds is 3. The van der Waals surface area contributed by atoms with E-state index in [1.54, 1.807) is 0 Å². The smallest absolute Gasteiger partial charge is 0.235 e. The number of hydrogen-bond acceptors (Lipinski definition) is 2. The maximum absolute atomic E-state index is 13.2. The van der Waals surface area contributed by atoms with Crippen LogP contribution in [-0.4, -0.2) is 11.8 Å². The fourth-order valence-electron chi connectivity index (χ4n) is 4.11. The van der Waals surface area contributed by atoms with Crippen molar-refractivity contribution >= 4 is 34.8 Å². The fraction of sp³-hybridized carbons (Fsp3) is 0.333. The minimum atomic E-state index is -0.491. The molecule has 0 bridgehead atoms. The van der Waals surface area contributed by atoms with Gasteiger partial charge in [-0.25, -0.2) is 0 Å². The summed E-state index contributed by atoms with van der Waals surface area (Å²) in [4.78, 5) is 24.7. The van der Waals surface area contributed by atoms with Gasteiger partial charge in [0.25, 0.3) is 0 Å². The first kappa shape index (κ1) is 17.1. The number of hydrogen-bond donors (Lipinski definition) is 2. The van der Waals surface area contributed by atoms with E-state index in [1.807, 2.05) is 42.5 Å². The molecular formula is C21H21ClN2O2. The van der Waals surface area contributed by atoms with Crippen LogP contribution >= 0.6 is 11.6 Å². The topological polar surface area (TPSA) is 58.2 Å². The van der Waals surface area contributed by atoms with Gasteiger partial charge in [-0.2, -0.15) is 0 Å². The Morgan fingerprint density at radius 1 is 1.04 bits per heavy atom. The lowest BCUT2D eigenvalue weighted by atomic mass is 9.78. The van der Waals surface area contributed by atoms with Crippen LogP contribution < -0.4 is 10.6 Å². The van der Waals surface area contributed by atoms with Crippen molar-refractivity contribution in [2.45, 2.75) is 43.9 Å². The molecular weight excluding hydrogens is 348 g/mol. The largest absolute Gasteiger partial charge is 0.326 e. The van der Waals surface area contributed by atoms with Gasteiger partial charge in [0, 0.05) is 22.8 Å². The Morgan fingerprint density at radius 2 is 1.77 bits per heavy atom. The summed E-state index contributed by atoms with van der Waals surface area (Å²) in [5.41, 5.74) is 3.23. The molecule has 1 saturated carbocycles. The van der Waals surface area contributed by atoms with Gasteiger partial charge < -0.3 is 10.6 Å². The Hall–Kier alpha value is -2.33. The minimum Gasteiger partial charge on any atom is -0.326 e. The second kappa shape index (κ2) is 6.76. The van der Waals surface area contributed by atoms with E-state index in [1.165, 1.54) is 0 Å². The van der Waals surface area contributed by atoms with Crippen LogP contribution in [0.5, 0.6) is 0 Å². The molecule has 5 heteroatoms. The van der Waals surface area contributed by atoms with E-state index in [4.69, 9.17) is 11.6 Å². The Labute approximate surface area is 157 Å². The summed E-state index contributed by atoms with van der Waals surface area (Å²) in [6.07, 6.45) is 4.98. The van der Waals surface area contributed by atoms with Gasteiger partial charge in [-0.3, -0.25) is 9.59 Å². The van der Waals surface area contributed by atoms with Crippen LogP contribution in [0.25, 0.3) is 0 Å². The highest BCUT2D eigenvalue weighted by Crippen LogP contribution is 2.42. The molecule has 1 heterocycles. The minimum absolute atomic E-state index is 0.0390. The maximum atomic E-state index is 13.2. The number of fused-ring (bicyclic) bond motifs is 1. The molecule has 134 valence electrons. The van der Waals surface area contributed by atoms with E-state index in [2.05, 4.69) is 10.6 Å². The van der Waals surface area contributed by atoms with Crippen LogP contribution in [-0.2, 0) is 21.4 Å². The SMILES string of the molecule is O=C1CCc2cc(NC(=O)C3(c4ccc(Cl)cc4)CCCC3)ccc2N1. The van der Waals surface area contributed by atoms with Gasteiger partial charge in [0.1, 0.15) is 0 Å². The molecule has 4 rings (SSSR count). The number of carbonyl (C=O) groups is 2. The van der Waals surface area contributed by atoms with Gasteiger partial charge in [0.15, 0.2) is 0 Å². The van der Waals surface area contributed by atoms with Gasteiger partial charge in [0.2, 0.25) is 11.8 Å². The van der Waals surface area contributed by atoms with E-state index < -0.39 is 5.41 Å². The van der Waals surface area contributed by atoms with Crippen molar-refractivity contribution in [1.29, 1.82) is 0 Å². The third-order valence-electron chi connectivity index (χ3n) is 5.55. The highest BCUT2D eigenvalue weighted by molar-refractivity contribution is 6.30. The number of benzene rings is 2. The first-order valence-electron chi connectivity index (χ1n) is 9.07. The molecule has 0 unspecified atom stereocenters. The van der Waals surface area contributed by atoms with E-state index in [-0.39, 0.29) is 11.8 Å². The molecule has 1 aliphatic heterocycles. The van der Waals surface area contributed by atoms with Crippen LogP contribution in [0.1, 0.15) is 43.2 Å². The van der Waals surface area contributed by atoms with Crippen molar-refractivity contribution in [1.82, 2.24) is 0 Å². The highest BCUT2D eigenvalue weighted by atomic mass is 35.5. The Morgan fingerprint density at radius 3 is 2.50 bits per heavy atom. The summed E-state index contributed by atoms with van der Waals surface area (Å²) in [7, 11) is 0. The van der Waals surface area contributed by atoms with Gasteiger partial charge in [0.05, 0.1) is 5.41 Å². The molecule has 4 nitrogen and oxygen atoms in total. The van der Waals surface area contributed by atoms with Crippen molar-refractivity contribution in [3.05, 3.63) is 58.6 Å². The molecule has 0 spiro atoms. The summed E-state index contributed by atoms with van der Waals surface area (Å²) in [6, 6.07) is 13.3. The summed E-state index contributed by atoms with van der Waals surface area (Å²) >= 11 is 6.02. The Balaban J connectivity index is 1.60. The zero-order valence-electron chi connectivity index (χ0n) is 14.5. The Bertz CT molecular complexity index is 855. The molecule has 0 saturated heterocycles. The van der Waals surface area contributed by atoms with Crippen LogP contribution in [0.4, 0.5) is 11.4 Å². The highest BCUT2D eigenvalue weighted by Gasteiger charge is 2.42. The number of anilines is 2. The molecule has 26 heavy (non-hydrogen) atoms. The van der Waals surface area contributed by atoms with Crippen molar-refractivity contribution in [2.75, 3.05) is 10.6 Å². The van der Waals surface area contributed by atoms with Crippen LogP contribution in [0.15, 0.2) is 42.5 Å². The number of halogens is 1. The van der Waals surface area contributed by atoms with Gasteiger partial charge in [-0.15, -0.1) is 0 Å². The molecule has 0 aromatic heterocycles. The third-order valence-corrected chi connectivity index (χ3v) is 5.80. The normalized spacial score (nSPS) is 18.1. The maximum Gasteiger partial charge on any atom is 0.235 e. The summed E-state index contributed by atoms with van der Waals surface area (Å²) in [5.74, 6) is 0.0825. The second-order valence-corrected chi connectivity index (χ2v) is 7.61. The number of aryl methyl sites for hydroxylation is 1. The molecule has 2 aromatic rings. The predicted octanol–water partition coefficient (Wildman–Crippen LogP) is 4.68. The fourth-order valence-corrected chi connectivity index (χ4v) is 4.23. The molecule has 1 fully saturated rings. The molecule has 2 aromatic carbocycles. The zero-order valence-corrected chi connectivity index (χ0v) is 15.2. The quantitative estimate of drug-likeness (QED) is 0.826. The van der Waals surface area contributed by atoms with E-state index in [0.717, 1.165) is 48.2 Å². The molecule has 2 N–H and O–H groups in total. The monoisotopic (exact) mass is 368 g/mol. The summed E-state index contributed by atoms with van der Waals surface area (Å²) < 4.78 is 0. The number of nitrogens with one attached hydrogen (secondary N) is 2. The van der Waals surface area contributed by atoms with E-state index >= 15 is 0 Å². The number of carbonyl (C=O) groups excluding carboxylic acids is 2. The van der Waals surface area contributed by atoms with Crippen LogP contribution in [0, 0.1) is 0 Å². The zero-order chi connectivity index (χ0) is 18.1. The average Bonchev–Trinajstić information content (AvgIpc) is 3.13. The molecule has 1 aliphatic carbocycles. The lowest BCUT2D eigenvalue weighted by molar-refractivity contribution is -0.121. The van der Waals surface area contributed by atoms with Crippen LogP contribution in [0.2, 0.25) is 5.02 Å². The predicted molar refractivity (Wildman–Crippen MR) is 104 cm³/mol. The first-order valence-corrected chi connectivity index (χ1v) is 9.45. The molecule has 0 atom stereocenters. The lowest BCUT2D eigenvalue weighted by Gasteiger charge is -2.29. The number of amides is 2. The molecule has 2 amide bonds. The lowest BCUT2D eigenvalue weighted by Crippen LogP contribution is -2.38. The van der Waals surface area contributed by atoms with Crippen molar-refractivity contribution in [2.24, 2.45) is 0 Å². The van der Waals surface area contributed by atoms with Crippen LogP contribution in [0.3, 0.4) is 0 Å². The standard InChI is InChI=1S/C21H21ClN2O2/c22-16-6-4-15(5-7-16)21(11-1-2-12-21)20(26)23-17-8-9-18-14(13-17)3-10-19(25)24-18/h4-9,13H,1-3,10-12H2,(H,23,26)(H,24,25). The van der Waals surface area contributed by atoms with Gasteiger partial charge >= 0.3 is 0 Å². The molecule has 2 aliphatic rings. The molecule has 0 radical (unpaired) electrons. The van der Waals surface area contributed by atoms with E-state index in [0.29, 0.717) is 17.9 Å². The van der Waals surface area contributed by atoms with Gasteiger partial charge in [-0.05, 0) is 60.7 Å². The third kappa shape index (κ3) is 3.10. The van der Waals surface area contributed by atoms with Crippen molar-refractivity contribution in [3.63, 3.8) is 0 Å². The van der Waals surface area contributed by atoms with Crippen molar-refractivity contribution < 1.29 is 9.59 Å². The first-order chi connectivity index (χ1) is 12.6.